The highest BCUT2D eigenvalue weighted by Crippen LogP contribution is 2.24. The molecular weight excluding hydrogens is 258 g/mol. The van der Waals surface area contributed by atoms with Crippen molar-refractivity contribution in [3.8, 4) is 0 Å². The topological polar surface area (TPSA) is 72.7 Å². The average molecular weight is 277 g/mol. The van der Waals surface area contributed by atoms with Crippen molar-refractivity contribution in [1.82, 2.24) is 14.4 Å². The zero-order valence-electron chi connectivity index (χ0n) is 11.7. The van der Waals surface area contributed by atoms with Crippen LogP contribution in [-0.2, 0) is 9.47 Å². The molecular formula is C13H19N5O2. The van der Waals surface area contributed by atoms with Crippen molar-refractivity contribution in [3.05, 3.63) is 18.6 Å². The molecule has 20 heavy (non-hydrogen) atoms. The Morgan fingerprint density at radius 3 is 3.15 bits per heavy atom. The molecule has 7 nitrogen and oxygen atoms in total. The van der Waals surface area contributed by atoms with E-state index in [0.29, 0.717) is 13.2 Å². The fourth-order valence-electron chi connectivity index (χ4n) is 2.38. The van der Waals surface area contributed by atoms with Gasteiger partial charge in [-0.1, -0.05) is 0 Å². The first-order valence-electron chi connectivity index (χ1n) is 6.64. The first-order chi connectivity index (χ1) is 9.76. The van der Waals surface area contributed by atoms with E-state index >= 15 is 0 Å². The number of rotatable bonds is 5. The summed E-state index contributed by atoms with van der Waals surface area (Å²) >= 11 is 0. The monoisotopic (exact) mass is 277 g/mol. The van der Waals surface area contributed by atoms with Crippen molar-refractivity contribution in [3.63, 3.8) is 0 Å². The number of aromatic nitrogens is 3. The summed E-state index contributed by atoms with van der Waals surface area (Å²) in [6.45, 7) is 1.98. The van der Waals surface area contributed by atoms with Crippen LogP contribution in [0.1, 0.15) is 6.42 Å². The van der Waals surface area contributed by atoms with E-state index in [2.05, 4.69) is 20.6 Å². The highest BCUT2D eigenvalue weighted by molar-refractivity contribution is 5.65. The van der Waals surface area contributed by atoms with E-state index in [4.69, 9.17) is 9.47 Å². The van der Waals surface area contributed by atoms with Gasteiger partial charge in [0.15, 0.2) is 11.5 Å². The second kappa shape index (κ2) is 5.26. The van der Waals surface area contributed by atoms with Gasteiger partial charge in [0, 0.05) is 46.1 Å². The number of imidazole rings is 1. The van der Waals surface area contributed by atoms with Crippen molar-refractivity contribution in [2.24, 2.45) is 0 Å². The van der Waals surface area contributed by atoms with Crippen LogP contribution in [-0.4, -0.2) is 53.9 Å². The maximum Gasteiger partial charge on any atom is 0.180 e. The number of methoxy groups -OCH3 is 1. The number of hydrogen-bond acceptors (Lipinski definition) is 6. The van der Waals surface area contributed by atoms with Gasteiger partial charge in [-0.2, -0.15) is 0 Å². The minimum Gasteiger partial charge on any atom is -0.378 e. The van der Waals surface area contributed by atoms with E-state index in [1.807, 2.05) is 23.8 Å². The van der Waals surface area contributed by atoms with Crippen molar-refractivity contribution in [1.29, 1.82) is 0 Å². The van der Waals surface area contributed by atoms with Crippen LogP contribution >= 0.6 is 0 Å². The van der Waals surface area contributed by atoms with Gasteiger partial charge in [-0.25, -0.2) is 9.97 Å². The summed E-state index contributed by atoms with van der Waals surface area (Å²) in [5.41, 5.74) is 0.523. The Labute approximate surface area is 117 Å². The van der Waals surface area contributed by atoms with Crippen molar-refractivity contribution in [2.75, 3.05) is 44.5 Å². The van der Waals surface area contributed by atoms with E-state index in [-0.39, 0.29) is 5.60 Å². The van der Waals surface area contributed by atoms with Gasteiger partial charge in [0.2, 0.25) is 0 Å². The van der Waals surface area contributed by atoms with E-state index in [1.54, 1.807) is 13.3 Å². The molecule has 108 valence electrons. The molecule has 0 bridgehead atoms. The predicted octanol–water partition coefficient (Wildman–Crippen LogP) is 0.988. The second-order valence-electron chi connectivity index (χ2n) is 4.93. The quantitative estimate of drug-likeness (QED) is 0.849. The molecule has 2 aromatic heterocycles. The Morgan fingerprint density at radius 1 is 1.55 bits per heavy atom. The van der Waals surface area contributed by atoms with Crippen LogP contribution in [0.15, 0.2) is 18.6 Å². The van der Waals surface area contributed by atoms with Crippen molar-refractivity contribution in [2.45, 2.75) is 12.0 Å². The van der Waals surface area contributed by atoms with Crippen LogP contribution in [0.25, 0.3) is 5.65 Å². The third-order valence-electron chi connectivity index (χ3n) is 3.71. The number of anilines is 2. The van der Waals surface area contributed by atoms with Gasteiger partial charge in [0.25, 0.3) is 0 Å². The first-order valence-corrected chi connectivity index (χ1v) is 6.64. The maximum atomic E-state index is 5.61. The maximum absolute atomic E-state index is 5.61. The van der Waals surface area contributed by atoms with Gasteiger partial charge in [-0.05, 0) is 0 Å². The highest BCUT2D eigenvalue weighted by atomic mass is 16.5. The molecule has 7 heteroatoms. The lowest BCUT2D eigenvalue weighted by Gasteiger charge is -2.26. The molecule has 1 fully saturated rings. The standard InChI is InChI=1S/C13H19N5O2/c1-14-10-7-18-5-4-15-12(18)11(17-10)16-8-13(19-2)3-6-20-9-13/h4-5,7,14H,3,6,8-9H2,1-2H3,(H,16,17). The lowest BCUT2D eigenvalue weighted by Crippen LogP contribution is -2.39. The number of ether oxygens (including phenoxy) is 2. The number of nitrogens with one attached hydrogen (secondary N) is 2. The van der Waals surface area contributed by atoms with Gasteiger partial charge in [-0.15, -0.1) is 0 Å². The molecule has 1 aliphatic rings. The third kappa shape index (κ3) is 2.30. The SMILES string of the molecule is CNc1cn2ccnc2c(NCC2(OC)CCOC2)n1. The molecule has 2 aromatic rings. The molecule has 1 aliphatic heterocycles. The van der Waals surface area contributed by atoms with Gasteiger partial charge in [-0.3, -0.25) is 0 Å². The number of fused-ring (bicyclic) bond motifs is 1. The number of nitrogens with zero attached hydrogens (tertiary/aromatic N) is 3. The molecule has 3 heterocycles. The highest BCUT2D eigenvalue weighted by Gasteiger charge is 2.35. The molecule has 0 aromatic carbocycles. The summed E-state index contributed by atoms with van der Waals surface area (Å²) in [7, 11) is 3.56. The molecule has 0 saturated carbocycles. The summed E-state index contributed by atoms with van der Waals surface area (Å²) in [6.07, 6.45) is 6.44. The predicted molar refractivity (Wildman–Crippen MR) is 76.2 cm³/mol. The molecule has 3 rings (SSSR count). The summed E-state index contributed by atoms with van der Waals surface area (Å²) in [5, 5.41) is 6.39. The fraction of sp³-hybridized carbons (Fsp3) is 0.538. The second-order valence-corrected chi connectivity index (χ2v) is 4.93. The van der Waals surface area contributed by atoms with Gasteiger partial charge in [0.05, 0.1) is 12.8 Å². The lowest BCUT2D eigenvalue weighted by molar-refractivity contribution is -0.00623. The molecule has 0 aliphatic carbocycles. The van der Waals surface area contributed by atoms with E-state index in [0.717, 1.165) is 30.3 Å². The van der Waals surface area contributed by atoms with Crippen LogP contribution in [0.2, 0.25) is 0 Å². The minimum atomic E-state index is -0.277. The average Bonchev–Trinajstić information content (AvgIpc) is 3.14. The van der Waals surface area contributed by atoms with Crippen LogP contribution < -0.4 is 10.6 Å². The van der Waals surface area contributed by atoms with Crippen LogP contribution in [0, 0.1) is 0 Å². The van der Waals surface area contributed by atoms with Gasteiger partial charge in [0.1, 0.15) is 11.4 Å². The molecule has 1 atom stereocenters. The molecule has 0 radical (unpaired) electrons. The van der Waals surface area contributed by atoms with E-state index in [9.17, 15) is 0 Å². The third-order valence-corrected chi connectivity index (χ3v) is 3.71. The zero-order valence-corrected chi connectivity index (χ0v) is 11.7. The zero-order chi connectivity index (χ0) is 14.0. The molecule has 1 unspecified atom stereocenters. The smallest absolute Gasteiger partial charge is 0.180 e. The van der Waals surface area contributed by atoms with Crippen LogP contribution in [0.4, 0.5) is 11.6 Å². The van der Waals surface area contributed by atoms with Crippen molar-refractivity contribution < 1.29 is 9.47 Å². The first kappa shape index (κ1) is 13.1. The van der Waals surface area contributed by atoms with Crippen LogP contribution in [0.3, 0.4) is 0 Å². The van der Waals surface area contributed by atoms with Crippen LogP contribution in [0.5, 0.6) is 0 Å². The Bertz CT molecular complexity index is 591. The molecule has 0 amide bonds. The molecule has 1 saturated heterocycles. The normalized spacial score (nSPS) is 22.3. The fourth-order valence-corrected chi connectivity index (χ4v) is 2.38. The summed E-state index contributed by atoms with van der Waals surface area (Å²) in [6, 6.07) is 0. The summed E-state index contributed by atoms with van der Waals surface area (Å²) < 4.78 is 13.0. The molecule has 0 spiro atoms. The lowest BCUT2D eigenvalue weighted by atomic mass is 10.0. The van der Waals surface area contributed by atoms with E-state index in [1.165, 1.54) is 0 Å². The van der Waals surface area contributed by atoms with Gasteiger partial charge >= 0.3 is 0 Å². The Morgan fingerprint density at radius 2 is 2.45 bits per heavy atom. The minimum absolute atomic E-state index is 0.277. The largest absolute Gasteiger partial charge is 0.378 e. The summed E-state index contributed by atoms with van der Waals surface area (Å²) in [4.78, 5) is 8.84. The van der Waals surface area contributed by atoms with E-state index < -0.39 is 0 Å². The Balaban J connectivity index is 1.84. The number of hydrogen-bond donors (Lipinski definition) is 2. The van der Waals surface area contributed by atoms with Gasteiger partial charge < -0.3 is 24.5 Å². The Hall–Kier alpha value is -1.86. The molecule has 2 N–H and O–H groups in total. The Kier molecular flexibility index (Phi) is 3.45. The van der Waals surface area contributed by atoms with Crippen molar-refractivity contribution >= 4 is 17.3 Å². The summed E-state index contributed by atoms with van der Waals surface area (Å²) in [5.74, 6) is 1.53.